The average molecular weight is 391 g/mol. The van der Waals surface area contributed by atoms with E-state index in [-0.39, 0.29) is 6.10 Å². The van der Waals surface area contributed by atoms with E-state index < -0.39 is 5.60 Å². The lowest BCUT2D eigenvalue weighted by Gasteiger charge is -2.61. The Bertz CT molecular complexity index is 565. The molecule has 4 rings (SSSR count). The van der Waals surface area contributed by atoms with Gasteiger partial charge in [-0.3, -0.25) is 0 Å². The highest BCUT2D eigenvalue weighted by Gasteiger charge is 2.60. The predicted molar refractivity (Wildman–Crippen MR) is 116 cm³/mol. The molecule has 0 unspecified atom stereocenters. The van der Waals surface area contributed by atoms with Gasteiger partial charge in [-0.25, -0.2) is 0 Å². The third kappa shape index (κ3) is 3.49. The van der Waals surface area contributed by atoms with Crippen molar-refractivity contribution >= 4 is 0 Å². The van der Waals surface area contributed by atoms with E-state index in [1.54, 1.807) is 0 Å². The Morgan fingerprint density at radius 1 is 0.929 bits per heavy atom. The minimum Gasteiger partial charge on any atom is -0.393 e. The first-order valence-corrected chi connectivity index (χ1v) is 12.4. The highest BCUT2D eigenvalue weighted by Crippen LogP contribution is 2.68. The van der Waals surface area contributed by atoms with E-state index in [2.05, 4.69) is 20.8 Å². The number of hydrogen-bond donors (Lipinski definition) is 2. The van der Waals surface area contributed by atoms with Crippen molar-refractivity contribution in [1.29, 1.82) is 0 Å². The summed E-state index contributed by atoms with van der Waals surface area (Å²) in [5, 5.41) is 20.4. The minimum atomic E-state index is -0.524. The Hall–Kier alpha value is -0.0800. The molecule has 4 fully saturated rings. The molecule has 0 aromatic heterocycles. The first-order chi connectivity index (χ1) is 13.0. The fraction of sp³-hybridized carbons (Fsp3) is 1.00. The van der Waals surface area contributed by atoms with Gasteiger partial charge in [-0.2, -0.15) is 0 Å². The number of fused-ring (bicyclic) bond motifs is 5. The zero-order valence-electron chi connectivity index (χ0n) is 19.2. The second kappa shape index (κ2) is 7.26. The first kappa shape index (κ1) is 21.2. The van der Waals surface area contributed by atoms with Crippen LogP contribution < -0.4 is 0 Å². The van der Waals surface area contributed by atoms with E-state index in [9.17, 15) is 10.2 Å². The third-order valence-electron chi connectivity index (χ3n) is 10.6. The van der Waals surface area contributed by atoms with Crippen LogP contribution in [0.25, 0.3) is 0 Å². The maximum absolute atomic E-state index is 10.2. The summed E-state index contributed by atoms with van der Waals surface area (Å²) >= 11 is 0. The lowest BCUT2D eigenvalue weighted by molar-refractivity contribution is -0.129. The van der Waals surface area contributed by atoms with Gasteiger partial charge in [0.15, 0.2) is 0 Å². The van der Waals surface area contributed by atoms with Crippen molar-refractivity contribution in [2.45, 2.75) is 117 Å². The molecule has 2 heteroatoms. The van der Waals surface area contributed by atoms with Gasteiger partial charge in [-0.1, -0.05) is 20.8 Å². The van der Waals surface area contributed by atoms with Crippen LogP contribution in [0.15, 0.2) is 0 Å². The standard InChI is InChI=1S/C26H46O2/c1-17(10-13-24(2,3)28)21-8-9-22-20-7-6-18-16-19(27)11-14-25(18,4)23(20)12-15-26(21,22)5/h17-23,27-28H,6-16H2,1-5H3/t17-,18-,19-,20+,21-,22+,23+,25+,26-/m1/s1. The molecule has 0 aromatic rings. The maximum atomic E-state index is 10.2. The van der Waals surface area contributed by atoms with Gasteiger partial charge in [0.05, 0.1) is 11.7 Å². The van der Waals surface area contributed by atoms with E-state index in [0.717, 1.165) is 54.8 Å². The van der Waals surface area contributed by atoms with E-state index in [1.165, 1.54) is 51.4 Å². The first-order valence-electron chi connectivity index (χ1n) is 12.4. The van der Waals surface area contributed by atoms with Crippen molar-refractivity contribution in [2.24, 2.45) is 46.3 Å². The lowest BCUT2D eigenvalue weighted by atomic mass is 9.44. The third-order valence-corrected chi connectivity index (χ3v) is 10.6. The Labute approximate surface area is 173 Å². The van der Waals surface area contributed by atoms with Crippen molar-refractivity contribution in [1.82, 2.24) is 0 Å². The summed E-state index contributed by atoms with van der Waals surface area (Å²) in [5.41, 5.74) is 0.495. The second-order valence-electron chi connectivity index (χ2n) is 12.6. The lowest BCUT2D eigenvalue weighted by Crippen LogP contribution is -2.54. The summed E-state index contributed by atoms with van der Waals surface area (Å²) in [6.45, 7) is 11.6. The van der Waals surface area contributed by atoms with E-state index in [0.29, 0.717) is 10.8 Å². The molecule has 4 aliphatic rings. The highest BCUT2D eigenvalue weighted by molar-refractivity contribution is 5.09. The van der Waals surface area contributed by atoms with Crippen LogP contribution in [0.5, 0.6) is 0 Å². The van der Waals surface area contributed by atoms with Crippen molar-refractivity contribution in [2.75, 3.05) is 0 Å². The molecular weight excluding hydrogens is 344 g/mol. The summed E-state index contributed by atoms with van der Waals surface area (Å²) in [6, 6.07) is 0. The molecule has 0 spiro atoms. The summed E-state index contributed by atoms with van der Waals surface area (Å²) < 4.78 is 0. The number of aliphatic hydroxyl groups excluding tert-OH is 1. The van der Waals surface area contributed by atoms with Crippen LogP contribution in [-0.2, 0) is 0 Å². The SMILES string of the molecule is C[C@H](CCC(C)(C)O)[C@H]1CC[C@H]2[C@@H]3CC[C@@H]4C[C@H](O)CC[C@]4(C)[C@H]3CC[C@]12C. The van der Waals surface area contributed by atoms with Crippen LogP contribution in [-0.4, -0.2) is 21.9 Å². The smallest absolute Gasteiger partial charge is 0.0591 e. The van der Waals surface area contributed by atoms with Crippen LogP contribution in [0, 0.1) is 46.3 Å². The van der Waals surface area contributed by atoms with Gasteiger partial charge in [-0.05, 0) is 131 Å². The van der Waals surface area contributed by atoms with Crippen LogP contribution in [0.3, 0.4) is 0 Å². The van der Waals surface area contributed by atoms with Crippen LogP contribution in [0.1, 0.15) is 105 Å². The van der Waals surface area contributed by atoms with Crippen molar-refractivity contribution in [3.63, 3.8) is 0 Å². The van der Waals surface area contributed by atoms with Gasteiger partial charge >= 0.3 is 0 Å². The average Bonchev–Trinajstić information content (AvgIpc) is 2.97. The Balaban J connectivity index is 1.49. The van der Waals surface area contributed by atoms with Crippen LogP contribution in [0.4, 0.5) is 0 Å². The summed E-state index contributed by atoms with van der Waals surface area (Å²) in [5.74, 6) is 5.11. The van der Waals surface area contributed by atoms with Gasteiger partial charge in [0.1, 0.15) is 0 Å². The normalized spacial score (nSPS) is 49.8. The van der Waals surface area contributed by atoms with Crippen molar-refractivity contribution in [3.8, 4) is 0 Å². The van der Waals surface area contributed by atoms with E-state index in [4.69, 9.17) is 0 Å². The van der Waals surface area contributed by atoms with Gasteiger partial charge in [0.2, 0.25) is 0 Å². The van der Waals surface area contributed by atoms with Crippen LogP contribution in [0.2, 0.25) is 0 Å². The molecule has 162 valence electrons. The number of aliphatic hydroxyl groups is 2. The molecular formula is C26H46O2. The molecule has 0 amide bonds. The summed E-state index contributed by atoms with van der Waals surface area (Å²) in [4.78, 5) is 0. The molecule has 0 bridgehead atoms. The highest BCUT2D eigenvalue weighted by atomic mass is 16.3. The van der Waals surface area contributed by atoms with Crippen molar-refractivity contribution in [3.05, 3.63) is 0 Å². The van der Waals surface area contributed by atoms with E-state index >= 15 is 0 Å². The molecule has 0 aliphatic heterocycles. The number of rotatable bonds is 4. The van der Waals surface area contributed by atoms with Crippen molar-refractivity contribution < 1.29 is 10.2 Å². The molecule has 28 heavy (non-hydrogen) atoms. The second-order valence-corrected chi connectivity index (χ2v) is 12.6. The molecule has 2 N–H and O–H groups in total. The Morgan fingerprint density at radius 2 is 1.61 bits per heavy atom. The molecule has 0 aromatic carbocycles. The largest absolute Gasteiger partial charge is 0.393 e. The van der Waals surface area contributed by atoms with Gasteiger partial charge < -0.3 is 10.2 Å². The molecule has 2 nitrogen and oxygen atoms in total. The maximum Gasteiger partial charge on any atom is 0.0591 e. The molecule has 0 heterocycles. The molecule has 0 radical (unpaired) electrons. The Morgan fingerprint density at radius 3 is 2.32 bits per heavy atom. The van der Waals surface area contributed by atoms with Gasteiger partial charge in [0.25, 0.3) is 0 Å². The topological polar surface area (TPSA) is 40.5 Å². The van der Waals surface area contributed by atoms with E-state index in [1.807, 2.05) is 13.8 Å². The molecule has 9 atom stereocenters. The molecule has 4 saturated carbocycles. The quantitative estimate of drug-likeness (QED) is 0.600. The van der Waals surface area contributed by atoms with Crippen LogP contribution >= 0.6 is 0 Å². The zero-order valence-corrected chi connectivity index (χ0v) is 19.2. The summed E-state index contributed by atoms with van der Waals surface area (Å²) in [7, 11) is 0. The summed E-state index contributed by atoms with van der Waals surface area (Å²) in [6.07, 6.45) is 13.9. The fourth-order valence-corrected chi connectivity index (χ4v) is 8.99. The number of hydrogen-bond acceptors (Lipinski definition) is 2. The minimum absolute atomic E-state index is 0.0315. The molecule has 4 aliphatic carbocycles. The predicted octanol–water partition coefficient (Wildman–Crippen LogP) is 6.19. The van der Waals surface area contributed by atoms with Gasteiger partial charge in [0, 0.05) is 0 Å². The zero-order chi connectivity index (χ0) is 20.3. The monoisotopic (exact) mass is 390 g/mol. The van der Waals surface area contributed by atoms with Gasteiger partial charge in [-0.15, -0.1) is 0 Å². The Kier molecular flexibility index (Phi) is 5.49. The molecule has 0 saturated heterocycles. The fourth-order valence-electron chi connectivity index (χ4n) is 8.99.